The molecule has 1 N–H and O–H groups in total. The molecule has 4 rings (SSSR count). The first-order chi connectivity index (χ1) is 15.1. The smallest absolute Gasteiger partial charge is 0.275 e. The lowest BCUT2D eigenvalue weighted by Gasteiger charge is -2.36. The second-order valence-electron chi connectivity index (χ2n) is 7.43. The Labute approximate surface area is 181 Å². The SMILES string of the molecule is CCOc1ccccc1N1CCN(Cn2nc(C(=O)NC)c3ccccc3c2=O)CC1. The van der Waals surface area contributed by atoms with Crippen molar-refractivity contribution < 1.29 is 9.53 Å². The number of piperazine rings is 1. The second kappa shape index (κ2) is 9.18. The van der Waals surface area contributed by atoms with Crippen LogP contribution in [-0.4, -0.2) is 60.4 Å². The summed E-state index contributed by atoms with van der Waals surface area (Å²) >= 11 is 0. The highest BCUT2D eigenvalue weighted by Crippen LogP contribution is 2.28. The van der Waals surface area contributed by atoms with Crippen molar-refractivity contribution in [2.45, 2.75) is 13.6 Å². The molecule has 8 nitrogen and oxygen atoms in total. The average molecular weight is 422 g/mol. The number of fused-ring (bicyclic) bond motifs is 1. The molecule has 162 valence electrons. The van der Waals surface area contributed by atoms with E-state index in [1.165, 1.54) is 4.68 Å². The maximum absolute atomic E-state index is 13.0. The van der Waals surface area contributed by atoms with Crippen LogP contribution in [0.4, 0.5) is 5.69 Å². The van der Waals surface area contributed by atoms with Crippen LogP contribution in [0.3, 0.4) is 0 Å². The molecule has 1 aliphatic heterocycles. The van der Waals surface area contributed by atoms with Gasteiger partial charge in [0.15, 0.2) is 5.69 Å². The number of anilines is 1. The molecule has 1 aliphatic rings. The van der Waals surface area contributed by atoms with Crippen LogP contribution in [-0.2, 0) is 6.67 Å². The first-order valence-electron chi connectivity index (χ1n) is 10.5. The lowest BCUT2D eigenvalue weighted by atomic mass is 10.1. The van der Waals surface area contributed by atoms with Gasteiger partial charge in [-0.05, 0) is 25.1 Å². The van der Waals surface area contributed by atoms with Crippen LogP contribution in [0.25, 0.3) is 10.8 Å². The number of hydrogen-bond donors (Lipinski definition) is 1. The maximum Gasteiger partial charge on any atom is 0.275 e. The molecular weight excluding hydrogens is 394 g/mol. The highest BCUT2D eigenvalue weighted by atomic mass is 16.5. The number of nitrogens with zero attached hydrogens (tertiary/aromatic N) is 4. The summed E-state index contributed by atoms with van der Waals surface area (Å²) in [6, 6.07) is 15.2. The molecule has 0 atom stereocenters. The average Bonchev–Trinajstić information content (AvgIpc) is 2.81. The predicted octanol–water partition coefficient (Wildman–Crippen LogP) is 1.93. The lowest BCUT2D eigenvalue weighted by molar-refractivity contribution is 0.0955. The lowest BCUT2D eigenvalue weighted by Crippen LogP contribution is -2.48. The molecule has 0 aliphatic carbocycles. The number of benzene rings is 2. The van der Waals surface area contributed by atoms with Crippen LogP contribution < -0.4 is 20.5 Å². The molecule has 8 heteroatoms. The van der Waals surface area contributed by atoms with Crippen molar-refractivity contribution in [3.63, 3.8) is 0 Å². The van der Waals surface area contributed by atoms with Gasteiger partial charge in [0, 0.05) is 38.6 Å². The van der Waals surface area contributed by atoms with Crippen LogP contribution in [0.5, 0.6) is 5.75 Å². The molecule has 0 unspecified atom stereocenters. The van der Waals surface area contributed by atoms with Crippen LogP contribution >= 0.6 is 0 Å². The third-order valence-corrected chi connectivity index (χ3v) is 5.52. The molecule has 0 spiro atoms. The normalized spacial score (nSPS) is 14.6. The molecule has 2 heterocycles. The summed E-state index contributed by atoms with van der Waals surface area (Å²) in [6.45, 7) is 6.13. The summed E-state index contributed by atoms with van der Waals surface area (Å²) in [6.07, 6.45) is 0. The van der Waals surface area contributed by atoms with E-state index in [-0.39, 0.29) is 17.2 Å². The van der Waals surface area contributed by atoms with Crippen LogP contribution in [0, 0.1) is 0 Å². The van der Waals surface area contributed by atoms with E-state index < -0.39 is 0 Å². The highest BCUT2D eigenvalue weighted by Gasteiger charge is 2.22. The molecule has 0 radical (unpaired) electrons. The Morgan fingerprint density at radius 3 is 2.42 bits per heavy atom. The van der Waals surface area contributed by atoms with E-state index in [0.717, 1.165) is 37.6 Å². The fraction of sp³-hybridized carbons (Fsp3) is 0.348. The summed E-state index contributed by atoms with van der Waals surface area (Å²) in [5.41, 5.74) is 1.17. The van der Waals surface area contributed by atoms with Gasteiger partial charge in [0.2, 0.25) is 0 Å². The quantitative estimate of drug-likeness (QED) is 0.655. The number of nitrogens with one attached hydrogen (secondary N) is 1. The van der Waals surface area contributed by atoms with Crippen molar-refractivity contribution in [1.29, 1.82) is 0 Å². The van der Waals surface area contributed by atoms with Crippen LogP contribution in [0.2, 0.25) is 0 Å². The van der Waals surface area contributed by atoms with E-state index in [1.807, 2.05) is 25.1 Å². The number of ether oxygens (including phenoxy) is 1. The van der Waals surface area contributed by atoms with Gasteiger partial charge in [-0.1, -0.05) is 30.3 Å². The Morgan fingerprint density at radius 2 is 1.71 bits per heavy atom. The molecular formula is C23H27N5O3. The first-order valence-corrected chi connectivity index (χ1v) is 10.5. The van der Waals surface area contributed by atoms with E-state index in [4.69, 9.17) is 4.74 Å². The van der Waals surface area contributed by atoms with Crippen LogP contribution in [0.15, 0.2) is 53.3 Å². The highest BCUT2D eigenvalue weighted by molar-refractivity contribution is 6.04. The van der Waals surface area contributed by atoms with Gasteiger partial charge in [-0.2, -0.15) is 5.10 Å². The van der Waals surface area contributed by atoms with E-state index in [9.17, 15) is 9.59 Å². The summed E-state index contributed by atoms with van der Waals surface area (Å²) in [7, 11) is 1.56. The number of amides is 1. The van der Waals surface area contributed by atoms with Crippen LogP contribution in [0.1, 0.15) is 17.4 Å². The number of carbonyl (C=O) groups is 1. The topological polar surface area (TPSA) is 79.7 Å². The molecule has 31 heavy (non-hydrogen) atoms. The van der Waals surface area contributed by atoms with E-state index in [1.54, 1.807) is 31.3 Å². The van der Waals surface area contributed by atoms with Crippen molar-refractivity contribution >= 4 is 22.4 Å². The van der Waals surface area contributed by atoms with Crippen molar-refractivity contribution in [1.82, 2.24) is 20.0 Å². The van der Waals surface area contributed by atoms with Gasteiger partial charge in [-0.3, -0.25) is 14.5 Å². The molecule has 3 aromatic rings. The first kappa shape index (κ1) is 20.9. The van der Waals surface area contributed by atoms with E-state index in [2.05, 4.69) is 26.3 Å². The van der Waals surface area contributed by atoms with Gasteiger partial charge in [0.25, 0.3) is 11.5 Å². The molecule has 0 saturated carbocycles. The van der Waals surface area contributed by atoms with Crippen molar-refractivity contribution in [2.24, 2.45) is 0 Å². The Balaban J connectivity index is 1.53. The molecule has 1 saturated heterocycles. The Hall–Kier alpha value is -3.39. The summed E-state index contributed by atoms with van der Waals surface area (Å²) < 4.78 is 7.17. The molecule has 0 bridgehead atoms. The summed E-state index contributed by atoms with van der Waals surface area (Å²) in [4.78, 5) is 29.8. The maximum atomic E-state index is 13.0. The summed E-state index contributed by atoms with van der Waals surface area (Å²) in [5, 5.41) is 8.08. The van der Waals surface area contributed by atoms with Crippen molar-refractivity contribution in [2.75, 3.05) is 44.7 Å². The largest absolute Gasteiger partial charge is 0.492 e. The van der Waals surface area contributed by atoms with Gasteiger partial charge in [0.05, 0.1) is 24.3 Å². The second-order valence-corrected chi connectivity index (χ2v) is 7.43. The zero-order valence-electron chi connectivity index (χ0n) is 17.9. The minimum absolute atomic E-state index is 0.188. The van der Waals surface area contributed by atoms with E-state index in [0.29, 0.717) is 24.0 Å². The predicted molar refractivity (Wildman–Crippen MR) is 121 cm³/mol. The van der Waals surface area contributed by atoms with Gasteiger partial charge >= 0.3 is 0 Å². The van der Waals surface area contributed by atoms with E-state index >= 15 is 0 Å². The number of hydrogen-bond acceptors (Lipinski definition) is 6. The van der Waals surface area contributed by atoms with Gasteiger partial charge in [0.1, 0.15) is 5.75 Å². The third kappa shape index (κ3) is 4.25. The number of rotatable bonds is 6. The minimum atomic E-state index is -0.303. The fourth-order valence-electron chi connectivity index (χ4n) is 3.93. The van der Waals surface area contributed by atoms with Gasteiger partial charge < -0.3 is 15.0 Å². The Kier molecular flexibility index (Phi) is 6.18. The van der Waals surface area contributed by atoms with Gasteiger partial charge in [-0.25, -0.2) is 4.68 Å². The molecule has 1 amide bonds. The Bertz CT molecular complexity index is 1140. The Morgan fingerprint density at radius 1 is 1.03 bits per heavy atom. The molecule has 1 fully saturated rings. The number of carbonyl (C=O) groups excluding carboxylic acids is 1. The third-order valence-electron chi connectivity index (χ3n) is 5.52. The summed E-state index contributed by atoms with van der Waals surface area (Å²) in [5.74, 6) is 0.586. The van der Waals surface area contributed by atoms with Crippen molar-refractivity contribution in [3.05, 3.63) is 64.6 Å². The fourth-order valence-corrected chi connectivity index (χ4v) is 3.93. The van der Waals surface area contributed by atoms with Gasteiger partial charge in [-0.15, -0.1) is 0 Å². The zero-order chi connectivity index (χ0) is 21.8. The monoisotopic (exact) mass is 421 g/mol. The number of aromatic nitrogens is 2. The van der Waals surface area contributed by atoms with Crippen molar-refractivity contribution in [3.8, 4) is 5.75 Å². The minimum Gasteiger partial charge on any atom is -0.492 e. The number of para-hydroxylation sites is 2. The molecule has 1 aromatic heterocycles. The standard InChI is InChI=1S/C23H27N5O3/c1-3-31-20-11-7-6-10-19(20)27-14-12-26(13-15-27)16-28-23(30)18-9-5-4-8-17(18)21(25-28)22(29)24-2/h4-11H,3,12-16H2,1-2H3,(H,24,29). The molecule has 2 aromatic carbocycles. The zero-order valence-corrected chi connectivity index (χ0v) is 17.9.